The SMILES string of the molecule is CCO[Si](CCCNC(=O)OCCSC1=C(SCCOC(=O)NCCC[Si](OCC)(OCC)OCC)SC(=C2SC(SCCOC(=O)NCCC[Si](OCC)(OCC)OCC)=C(SCCOC(=O)NCCC[Si](OCC)(OCC)OCC)S2)S1)(OCC)OCC. The average molecular weight is 1500 g/mol. The van der Waals surface area contributed by atoms with Crippen LogP contribution in [0.25, 0.3) is 0 Å². The molecule has 0 radical (unpaired) electrons. The lowest BCUT2D eigenvalue weighted by molar-refractivity contribution is 0.0699. The third kappa shape index (κ3) is 35.6. The van der Waals surface area contributed by atoms with Crippen LogP contribution in [0.4, 0.5) is 19.2 Å². The fraction of sp³-hybridized carbons (Fsp3) is 0.815. The van der Waals surface area contributed by atoms with Crippen LogP contribution in [0.2, 0.25) is 24.2 Å². The van der Waals surface area contributed by atoms with Gasteiger partial charge in [-0.05, 0) is 109 Å². The molecule has 524 valence electrons. The van der Waals surface area contributed by atoms with E-state index in [1.165, 1.54) is 0 Å². The van der Waals surface area contributed by atoms with Crippen LogP contribution in [-0.2, 0) is 72.1 Å². The molecule has 2 rings (SSSR count). The maximum absolute atomic E-state index is 12.9. The highest BCUT2D eigenvalue weighted by molar-refractivity contribution is 8.45. The van der Waals surface area contributed by atoms with Gasteiger partial charge in [-0.15, -0.1) is 47.0 Å². The lowest BCUT2D eigenvalue weighted by Crippen LogP contribution is -2.46. The lowest BCUT2D eigenvalue weighted by atomic mass is 10.5. The molecule has 0 spiro atoms. The molecule has 4 amide bonds. The van der Waals surface area contributed by atoms with Gasteiger partial charge in [-0.2, -0.15) is 0 Å². The van der Waals surface area contributed by atoms with Crippen molar-refractivity contribution in [2.75, 3.05) is 155 Å². The fourth-order valence-corrected chi connectivity index (χ4v) is 30.3. The molecule has 36 heteroatoms. The minimum atomic E-state index is -2.84. The minimum Gasteiger partial charge on any atom is -0.449 e. The van der Waals surface area contributed by atoms with E-state index in [0.29, 0.717) is 178 Å². The predicted octanol–water partition coefficient (Wildman–Crippen LogP) is 12.9. The fourth-order valence-electron chi connectivity index (χ4n) is 8.33. The molecule has 2 aliphatic rings. The number of amides is 4. The van der Waals surface area contributed by atoms with Crippen LogP contribution in [-0.4, -0.2) is 214 Å². The number of ether oxygens (including phenoxy) is 4. The molecule has 0 aromatic carbocycles. The van der Waals surface area contributed by atoms with Gasteiger partial charge in [0.25, 0.3) is 0 Å². The first-order valence-electron chi connectivity index (χ1n) is 31.4. The number of rotatable bonds is 56. The monoisotopic (exact) mass is 1500 g/mol. The van der Waals surface area contributed by atoms with Gasteiger partial charge in [0.05, 0.1) is 25.4 Å². The number of thioether (sulfide) groups is 8. The Balaban J connectivity index is 2.22. The number of alkyl carbamates (subject to hydrolysis) is 4. The van der Waals surface area contributed by atoms with Crippen LogP contribution in [0.5, 0.6) is 0 Å². The zero-order valence-corrected chi connectivity index (χ0v) is 65.6. The van der Waals surface area contributed by atoms with Gasteiger partial charge >= 0.3 is 59.6 Å². The van der Waals surface area contributed by atoms with Crippen LogP contribution in [0, 0.1) is 0 Å². The molecule has 4 N–H and O–H groups in total. The first-order chi connectivity index (χ1) is 43.6. The van der Waals surface area contributed by atoms with E-state index in [2.05, 4.69) is 21.3 Å². The molecular weight excluding hydrogens is 1390 g/mol. The highest BCUT2D eigenvalue weighted by Crippen LogP contribution is 2.66. The molecule has 24 nitrogen and oxygen atoms in total. The van der Waals surface area contributed by atoms with Crippen molar-refractivity contribution in [3.63, 3.8) is 0 Å². The molecule has 0 aliphatic carbocycles. The Hall–Kier alpha value is -0.512. The zero-order chi connectivity index (χ0) is 66.2. The number of carbonyl (C=O) groups excluding carboxylic acids is 4. The maximum atomic E-state index is 12.9. The predicted molar refractivity (Wildman–Crippen MR) is 379 cm³/mol. The summed E-state index contributed by atoms with van der Waals surface area (Å²) in [5.41, 5.74) is 0. The highest BCUT2D eigenvalue weighted by Gasteiger charge is 2.43. The Bertz CT molecular complexity index is 1770. The summed E-state index contributed by atoms with van der Waals surface area (Å²) in [6.07, 6.45) is 0.372. The van der Waals surface area contributed by atoms with Crippen molar-refractivity contribution in [2.45, 2.75) is 133 Å². The number of nitrogens with one attached hydrogen (secondary N) is 4. The normalized spacial score (nSPS) is 14.0. The topological polar surface area (TPSA) is 264 Å². The van der Waals surface area contributed by atoms with Crippen LogP contribution in [0.15, 0.2) is 25.4 Å². The maximum Gasteiger partial charge on any atom is 0.500 e. The standard InChI is InChI=1S/C54H104N4O20S8Si4/c1-13-67-87(68-14-2,69-15-3)41-25-29-55-51(59)63-33-37-79-45-46(80-38-34-64-52(60)56-30-26-42-88(70-16-4,71-17-5)72-18-6)84-49(83-45)50-85-47(81-39-35-65-53(61)57-31-27-43-89(73-19-7,74-20-8)75-21-9)48(86-50)82-40-36-66-54(62)58-32-28-44-90(76-22-10,77-23-11)78-24-12/h13-44H2,1-12H3,(H,55,59)(H,56,60)(H,57,61)(H,58,62). The quantitative estimate of drug-likeness (QED) is 0.0250. The van der Waals surface area contributed by atoms with Crippen molar-refractivity contribution in [1.29, 1.82) is 0 Å². The van der Waals surface area contributed by atoms with Gasteiger partial charge in [-0.1, -0.05) is 47.0 Å². The van der Waals surface area contributed by atoms with Gasteiger partial charge in [0.2, 0.25) is 0 Å². The van der Waals surface area contributed by atoms with E-state index in [-0.39, 0.29) is 26.4 Å². The van der Waals surface area contributed by atoms with Crippen LogP contribution in [0.3, 0.4) is 0 Å². The molecule has 0 unspecified atom stereocenters. The van der Waals surface area contributed by atoms with E-state index in [9.17, 15) is 19.2 Å². The summed E-state index contributed by atoms with van der Waals surface area (Å²) in [7, 11) is -11.4. The van der Waals surface area contributed by atoms with Crippen LogP contribution >= 0.6 is 94.1 Å². The average Bonchev–Trinajstić information content (AvgIpc) is 1.78. The third-order valence-electron chi connectivity index (χ3n) is 11.5. The van der Waals surface area contributed by atoms with Gasteiger partial charge in [-0.25, -0.2) is 19.2 Å². The summed E-state index contributed by atoms with van der Waals surface area (Å²) in [6.45, 7) is 30.8. The summed E-state index contributed by atoms with van der Waals surface area (Å²) in [6, 6.07) is 2.27. The molecule has 2 heterocycles. The molecule has 0 atom stereocenters. The first-order valence-corrected chi connectivity index (χ1v) is 46.3. The summed E-state index contributed by atoms with van der Waals surface area (Å²) >= 11 is 12.9. The first kappa shape index (κ1) is 85.6. The molecule has 0 bridgehead atoms. The van der Waals surface area contributed by atoms with Crippen LogP contribution in [0.1, 0.15) is 109 Å². The van der Waals surface area contributed by atoms with Crippen LogP contribution < -0.4 is 21.3 Å². The minimum absolute atomic E-state index is 0.167. The second kappa shape index (κ2) is 52.6. The van der Waals surface area contributed by atoms with E-state index < -0.39 is 59.6 Å². The van der Waals surface area contributed by atoms with Crippen molar-refractivity contribution >= 4 is 154 Å². The Morgan fingerprint density at radius 3 is 0.622 bits per heavy atom. The Morgan fingerprint density at radius 2 is 0.467 bits per heavy atom. The summed E-state index contributed by atoms with van der Waals surface area (Å²) < 4.78 is 100. The molecule has 0 fully saturated rings. The van der Waals surface area contributed by atoms with E-state index >= 15 is 0 Å². The largest absolute Gasteiger partial charge is 0.500 e. The smallest absolute Gasteiger partial charge is 0.449 e. The lowest BCUT2D eigenvalue weighted by Gasteiger charge is -2.28. The van der Waals surface area contributed by atoms with Crippen molar-refractivity contribution < 1.29 is 91.2 Å². The van der Waals surface area contributed by atoms with E-state index in [1.807, 2.05) is 83.1 Å². The second-order valence-electron chi connectivity index (χ2n) is 18.1. The third-order valence-corrected chi connectivity index (χ3v) is 35.6. The Labute approximate surface area is 575 Å². The summed E-state index contributed by atoms with van der Waals surface area (Å²) in [5, 5.41) is 11.4. The molecule has 0 saturated carbocycles. The second-order valence-corrected chi connectivity index (χ2v) is 39.1. The number of hydrogen-bond donors (Lipinski definition) is 4. The van der Waals surface area contributed by atoms with Gasteiger partial charge in [0.1, 0.15) is 26.4 Å². The van der Waals surface area contributed by atoms with Gasteiger partial charge in [0.15, 0.2) is 0 Å². The van der Waals surface area contributed by atoms with Crippen molar-refractivity contribution in [3.05, 3.63) is 25.4 Å². The zero-order valence-electron chi connectivity index (χ0n) is 55.1. The molecular formula is C54H104N4O20S8Si4. The van der Waals surface area contributed by atoms with E-state index in [4.69, 9.17) is 72.1 Å². The summed E-state index contributed by atoms with van der Waals surface area (Å²) in [5.74, 6) is 1.97. The van der Waals surface area contributed by atoms with Gasteiger partial charge in [0, 0.05) is 153 Å². The summed E-state index contributed by atoms with van der Waals surface area (Å²) in [4.78, 5) is 51.4. The highest BCUT2D eigenvalue weighted by atomic mass is 32.3. The molecule has 0 aromatic rings. The van der Waals surface area contributed by atoms with Crippen molar-refractivity contribution in [3.8, 4) is 0 Å². The Kier molecular flexibility index (Phi) is 50.0. The van der Waals surface area contributed by atoms with Crippen molar-refractivity contribution in [2.24, 2.45) is 0 Å². The van der Waals surface area contributed by atoms with Crippen molar-refractivity contribution in [1.82, 2.24) is 21.3 Å². The van der Waals surface area contributed by atoms with Gasteiger partial charge in [-0.3, -0.25) is 0 Å². The molecule has 90 heavy (non-hydrogen) atoms. The molecule has 0 saturated heterocycles. The molecule has 2 aliphatic heterocycles. The Morgan fingerprint density at radius 1 is 0.300 bits per heavy atom. The van der Waals surface area contributed by atoms with E-state index in [0.717, 1.165) is 25.4 Å². The van der Waals surface area contributed by atoms with E-state index in [1.54, 1.807) is 94.1 Å². The number of carbonyl (C=O) groups is 4. The number of hydrogen-bond acceptors (Lipinski definition) is 28. The van der Waals surface area contributed by atoms with Gasteiger partial charge < -0.3 is 93.3 Å². The molecule has 0 aromatic heterocycles.